The molecule has 1 aromatic carbocycles. The standard InChI is InChI=1S/C13H20N2O2S/c1-4-7-14-12-6-5-11(9-18-10(2)3)8-13(12)15(16)17/h5-6,8,10,14H,4,7,9H2,1-3H3. The van der Waals surface area contributed by atoms with Crippen LogP contribution in [0.3, 0.4) is 0 Å². The monoisotopic (exact) mass is 268 g/mol. The van der Waals surface area contributed by atoms with Crippen molar-refractivity contribution in [3.8, 4) is 0 Å². The Labute approximate surface area is 112 Å². The molecule has 1 N–H and O–H groups in total. The summed E-state index contributed by atoms with van der Waals surface area (Å²) in [6, 6.07) is 5.44. The molecule has 0 radical (unpaired) electrons. The van der Waals surface area contributed by atoms with Crippen LogP contribution in [0.4, 0.5) is 11.4 Å². The topological polar surface area (TPSA) is 55.2 Å². The second kappa shape index (κ2) is 7.26. The van der Waals surface area contributed by atoms with Crippen molar-refractivity contribution in [2.24, 2.45) is 0 Å². The largest absolute Gasteiger partial charge is 0.380 e. The van der Waals surface area contributed by atoms with E-state index in [9.17, 15) is 10.1 Å². The van der Waals surface area contributed by atoms with E-state index in [0.29, 0.717) is 10.9 Å². The van der Waals surface area contributed by atoms with E-state index in [1.807, 2.05) is 19.1 Å². The molecule has 0 amide bonds. The van der Waals surface area contributed by atoms with Crippen molar-refractivity contribution >= 4 is 23.1 Å². The average Bonchev–Trinajstić information content (AvgIpc) is 2.34. The van der Waals surface area contributed by atoms with Gasteiger partial charge >= 0.3 is 0 Å². The van der Waals surface area contributed by atoms with E-state index in [-0.39, 0.29) is 10.6 Å². The Hall–Kier alpha value is -1.23. The van der Waals surface area contributed by atoms with Crippen molar-refractivity contribution in [1.29, 1.82) is 0 Å². The summed E-state index contributed by atoms with van der Waals surface area (Å²) in [6.45, 7) is 7.03. The summed E-state index contributed by atoms with van der Waals surface area (Å²) in [6.07, 6.45) is 0.947. The summed E-state index contributed by atoms with van der Waals surface area (Å²) >= 11 is 1.79. The molecule has 0 atom stereocenters. The summed E-state index contributed by atoms with van der Waals surface area (Å²) in [5, 5.41) is 14.7. The first-order valence-electron chi connectivity index (χ1n) is 6.17. The molecular formula is C13H20N2O2S. The molecule has 0 aliphatic rings. The summed E-state index contributed by atoms with van der Waals surface area (Å²) in [5.41, 5.74) is 1.79. The molecule has 0 heterocycles. The highest BCUT2D eigenvalue weighted by Gasteiger charge is 2.14. The second-order valence-corrected chi connectivity index (χ2v) is 5.96. The van der Waals surface area contributed by atoms with Crippen LogP contribution >= 0.6 is 11.8 Å². The first-order chi connectivity index (χ1) is 8.54. The third-order valence-corrected chi connectivity index (χ3v) is 3.57. The highest BCUT2D eigenvalue weighted by atomic mass is 32.2. The number of nitrogens with one attached hydrogen (secondary N) is 1. The number of nitro benzene ring substituents is 1. The van der Waals surface area contributed by atoms with Crippen LogP contribution in [0.1, 0.15) is 32.8 Å². The molecule has 1 rings (SSSR count). The molecule has 18 heavy (non-hydrogen) atoms. The zero-order valence-electron chi connectivity index (χ0n) is 11.1. The highest BCUT2D eigenvalue weighted by Crippen LogP contribution is 2.28. The fourth-order valence-electron chi connectivity index (χ4n) is 1.49. The maximum Gasteiger partial charge on any atom is 0.292 e. The van der Waals surface area contributed by atoms with Gasteiger partial charge in [-0.2, -0.15) is 11.8 Å². The third kappa shape index (κ3) is 4.56. The molecule has 1 aromatic rings. The van der Waals surface area contributed by atoms with Gasteiger partial charge in [0.05, 0.1) is 4.92 Å². The zero-order chi connectivity index (χ0) is 13.5. The average molecular weight is 268 g/mol. The third-order valence-electron chi connectivity index (χ3n) is 2.41. The minimum Gasteiger partial charge on any atom is -0.380 e. The van der Waals surface area contributed by atoms with Crippen molar-refractivity contribution in [2.45, 2.75) is 38.2 Å². The van der Waals surface area contributed by atoms with E-state index in [1.54, 1.807) is 17.8 Å². The van der Waals surface area contributed by atoms with Crippen molar-refractivity contribution < 1.29 is 4.92 Å². The van der Waals surface area contributed by atoms with Gasteiger partial charge in [0.2, 0.25) is 0 Å². The number of hydrogen-bond acceptors (Lipinski definition) is 4. The second-order valence-electron chi connectivity index (χ2n) is 4.40. The van der Waals surface area contributed by atoms with Crippen molar-refractivity contribution in [3.63, 3.8) is 0 Å². The lowest BCUT2D eigenvalue weighted by Crippen LogP contribution is -2.03. The fraction of sp³-hybridized carbons (Fsp3) is 0.538. The molecule has 0 fully saturated rings. The number of anilines is 1. The van der Waals surface area contributed by atoms with Gasteiger partial charge in [0, 0.05) is 18.4 Å². The van der Waals surface area contributed by atoms with E-state index in [2.05, 4.69) is 19.2 Å². The molecule has 0 unspecified atom stereocenters. The Kier molecular flexibility index (Phi) is 5.98. The van der Waals surface area contributed by atoms with Crippen molar-refractivity contribution in [2.75, 3.05) is 11.9 Å². The van der Waals surface area contributed by atoms with Crippen LogP contribution in [0.15, 0.2) is 18.2 Å². The molecule has 4 nitrogen and oxygen atoms in total. The Morgan fingerprint density at radius 2 is 2.17 bits per heavy atom. The lowest BCUT2D eigenvalue weighted by atomic mass is 10.2. The molecule has 0 saturated heterocycles. The fourth-order valence-corrected chi connectivity index (χ4v) is 2.20. The van der Waals surface area contributed by atoms with E-state index >= 15 is 0 Å². The van der Waals surface area contributed by atoms with Gasteiger partial charge < -0.3 is 5.32 Å². The summed E-state index contributed by atoms with van der Waals surface area (Å²) < 4.78 is 0. The maximum atomic E-state index is 11.0. The summed E-state index contributed by atoms with van der Waals surface area (Å²) in [5.74, 6) is 0.812. The van der Waals surface area contributed by atoms with E-state index in [4.69, 9.17) is 0 Å². The molecule has 0 aliphatic carbocycles. The molecule has 0 saturated carbocycles. The van der Waals surface area contributed by atoms with Crippen LogP contribution in [0.2, 0.25) is 0 Å². The van der Waals surface area contributed by atoms with Crippen LogP contribution in [-0.4, -0.2) is 16.7 Å². The van der Waals surface area contributed by atoms with E-state index < -0.39 is 0 Å². The van der Waals surface area contributed by atoms with Crippen LogP contribution in [-0.2, 0) is 5.75 Å². The van der Waals surface area contributed by atoms with Gasteiger partial charge in [-0.3, -0.25) is 10.1 Å². The van der Waals surface area contributed by atoms with Gasteiger partial charge in [-0.25, -0.2) is 0 Å². The first-order valence-corrected chi connectivity index (χ1v) is 7.22. The number of nitro groups is 1. The number of hydrogen-bond donors (Lipinski definition) is 1. The number of thioether (sulfide) groups is 1. The molecule has 0 bridgehead atoms. The lowest BCUT2D eigenvalue weighted by molar-refractivity contribution is -0.384. The van der Waals surface area contributed by atoms with Gasteiger partial charge in [0.1, 0.15) is 5.69 Å². The van der Waals surface area contributed by atoms with Gasteiger partial charge in [-0.1, -0.05) is 26.8 Å². The van der Waals surface area contributed by atoms with Gasteiger partial charge in [-0.05, 0) is 23.3 Å². The predicted octanol–water partition coefficient (Wildman–Crippen LogP) is 4.06. The SMILES string of the molecule is CCCNc1ccc(CSC(C)C)cc1[N+](=O)[O-]. The van der Waals surface area contributed by atoms with E-state index in [1.165, 1.54) is 0 Å². The van der Waals surface area contributed by atoms with Crippen LogP contribution in [0.5, 0.6) is 0 Å². The van der Waals surface area contributed by atoms with Gasteiger partial charge in [-0.15, -0.1) is 0 Å². The van der Waals surface area contributed by atoms with Crippen molar-refractivity contribution in [1.82, 2.24) is 0 Å². The molecule has 0 spiro atoms. The van der Waals surface area contributed by atoms with Crippen LogP contribution in [0, 0.1) is 10.1 Å². The smallest absolute Gasteiger partial charge is 0.292 e. The molecule has 5 heteroatoms. The Balaban J connectivity index is 2.85. The minimum atomic E-state index is -0.318. The van der Waals surface area contributed by atoms with Crippen molar-refractivity contribution in [3.05, 3.63) is 33.9 Å². The highest BCUT2D eigenvalue weighted by molar-refractivity contribution is 7.99. The minimum absolute atomic E-state index is 0.172. The Morgan fingerprint density at radius 1 is 1.44 bits per heavy atom. The van der Waals surface area contributed by atoms with Gasteiger partial charge in [0.25, 0.3) is 5.69 Å². The molecule has 100 valence electrons. The Bertz CT molecular complexity index is 408. The maximum absolute atomic E-state index is 11.0. The number of rotatable bonds is 7. The molecule has 0 aliphatic heterocycles. The van der Waals surface area contributed by atoms with Gasteiger partial charge in [0.15, 0.2) is 0 Å². The normalized spacial score (nSPS) is 10.7. The summed E-state index contributed by atoms with van der Waals surface area (Å²) in [4.78, 5) is 10.7. The number of nitrogens with zero attached hydrogens (tertiary/aromatic N) is 1. The summed E-state index contributed by atoms with van der Waals surface area (Å²) in [7, 11) is 0. The van der Waals surface area contributed by atoms with Crippen LogP contribution < -0.4 is 5.32 Å². The number of benzene rings is 1. The lowest BCUT2D eigenvalue weighted by Gasteiger charge is -2.08. The molecular weight excluding hydrogens is 248 g/mol. The van der Waals surface area contributed by atoms with E-state index in [0.717, 1.165) is 24.3 Å². The quantitative estimate of drug-likeness (QED) is 0.598. The predicted molar refractivity (Wildman–Crippen MR) is 78.3 cm³/mol. The Morgan fingerprint density at radius 3 is 2.72 bits per heavy atom. The first kappa shape index (κ1) is 14.8. The molecule has 0 aromatic heterocycles. The van der Waals surface area contributed by atoms with Crippen LogP contribution in [0.25, 0.3) is 0 Å². The zero-order valence-corrected chi connectivity index (χ0v) is 11.9.